The molecule has 1 aromatic rings. The van der Waals surface area contributed by atoms with Crippen molar-refractivity contribution in [3.8, 4) is 0 Å². The zero-order valence-corrected chi connectivity index (χ0v) is 9.44. The number of nitrogens with zero attached hydrogens (tertiary/aromatic N) is 1. The van der Waals surface area contributed by atoms with Crippen molar-refractivity contribution >= 4 is 43.6 Å². The second-order valence-electron chi connectivity index (χ2n) is 2.26. The van der Waals surface area contributed by atoms with Gasteiger partial charge in [-0.2, -0.15) is 4.99 Å². The Morgan fingerprint density at radius 2 is 2.08 bits per heavy atom. The molecule has 4 heteroatoms. The highest BCUT2D eigenvalue weighted by molar-refractivity contribution is 9.11. The van der Waals surface area contributed by atoms with Gasteiger partial charge in [0.2, 0.25) is 6.08 Å². The maximum atomic E-state index is 10.0. The standard InChI is InChI=1S/C8H5Br2NO/c1-5-2-6(9)3-7(10)8(5)11-4-12/h2-3H,1H3. The average molecular weight is 291 g/mol. The normalized spacial score (nSPS) is 9.25. The fraction of sp³-hybridized carbons (Fsp3) is 0.125. The van der Waals surface area contributed by atoms with Crippen molar-refractivity contribution in [2.45, 2.75) is 6.92 Å². The fourth-order valence-electron chi connectivity index (χ4n) is 0.882. The first kappa shape index (κ1) is 9.65. The van der Waals surface area contributed by atoms with Gasteiger partial charge in [-0.05, 0) is 40.5 Å². The number of isocyanates is 1. The predicted octanol–water partition coefficient (Wildman–Crippen LogP) is 3.49. The van der Waals surface area contributed by atoms with Crippen LogP contribution in [0, 0.1) is 6.92 Å². The van der Waals surface area contributed by atoms with Gasteiger partial charge in [-0.15, -0.1) is 0 Å². The summed E-state index contributed by atoms with van der Waals surface area (Å²) < 4.78 is 1.74. The topological polar surface area (TPSA) is 29.4 Å². The van der Waals surface area contributed by atoms with Crippen LogP contribution in [0.4, 0.5) is 5.69 Å². The van der Waals surface area contributed by atoms with Crippen molar-refractivity contribution in [2.24, 2.45) is 4.99 Å². The molecule has 0 spiro atoms. The van der Waals surface area contributed by atoms with Gasteiger partial charge < -0.3 is 0 Å². The predicted molar refractivity (Wildman–Crippen MR) is 54.4 cm³/mol. The largest absolute Gasteiger partial charge is 0.240 e. The molecule has 0 radical (unpaired) electrons. The molecule has 0 bridgehead atoms. The van der Waals surface area contributed by atoms with E-state index in [-0.39, 0.29) is 0 Å². The van der Waals surface area contributed by atoms with E-state index in [1.807, 2.05) is 19.1 Å². The lowest BCUT2D eigenvalue weighted by Gasteiger charge is -2.01. The second kappa shape index (κ2) is 3.99. The quantitative estimate of drug-likeness (QED) is 0.575. The number of hydrogen-bond acceptors (Lipinski definition) is 2. The van der Waals surface area contributed by atoms with Crippen molar-refractivity contribution in [3.63, 3.8) is 0 Å². The molecule has 0 aromatic heterocycles. The van der Waals surface area contributed by atoms with Crippen LogP contribution in [0.15, 0.2) is 26.1 Å². The molecule has 0 N–H and O–H groups in total. The number of halogens is 2. The van der Waals surface area contributed by atoms with E-state index in [1.54, 1.807) is 0 Å². The Morgan fingerprint density at radius 3 is 2.58 bits per heavy atom. The molecule has 2 nitrogen and oxygen atoms in total. The van der Waals surface area contributed by atoms with E-state index in [9.17, 15) is 4.79 Å². The first-order valence-electron chi connectivity index (χ1n) is 3.18. The molecule has 0 aliphatic rings. The smallest absolute Gasteiger partial charge is 0.211 e. The van der Waals surface area contributed by atoms with Crippen molar-refractivity contribution in [1.82, 2.24) is 0 Å². The van der Waals surface area contributed by atoms with Gasteiger partial charge in [0.05, 0.1) is 5.69 Å². The molecule has 0 unspecified atom stereocenters. The number of aryl methyl sites for hydroxylation is 1. The summed E-state index contributed by atoms with van der Waals surface area (Å²) in [4.78, 5) is 13.6. The zero-order chi connectivity index (χ0) is 9.14. The van der Waals surface area contributed by atoms with Gasteiger partial charge in [0, 0.05) is 8.95 Å². The Bertz CT molecular complexity index is 333. The minimum absolute atomic E-state index is 0.633. The molecule has 0 saturated carbocycles. The van der Waals surface area contributed by atoms with Crippen molar-refractivity contribution in [1.29, 1.82) is 0 Å². The maximum Gasteiger partial charge on any atom is 0.240 e. The molecule has 12 heavy (non-hydrogen) atoms. The van der Waals surface area contributed by atoms with Crippen LogP contribution in [0.2, 0.25) is 0 Å². The van der Waals surface area contributed by atoms with E-state index in [0.717, 1.165) is 14.5 Å². The third-order valence-corrected chi connectivity index (χ3v) is 2.44. The molecule has 0 fully saturated rings. The van der Waals surface area contributed by atoms with Gasteiger partial charge in [-0.25, -0.2) is 4.79 Å². The van der Waals surface area contributed by atoms with Gasteiger partial charge in [-0.3, -0.25) is 0 Å². The molecule has 1 aromatic carbocycles. The van der Waals surface area contributed by atoms with E-state index < -0.39 is 0 Å². The van der Waals surface area contributed by atoms with Crippen LogP contribution in [0.3, 0.4) is 0 Å². The van der Waals surface area contributed by atoms with Crippen molar-refractivity contribution < 1.29 is 4.79 Å². The second-order valence-corrected chi connectivity index (χ2v) is 4.03. The lowest BCUT2D eigenvalue weighted by atomic mass is 10.2. The zero-order valence-electron chi connectivity index (χ0n) is 6.27. The Balaban J connectivity index is 3.37. The van der Waals surface area contributed by atoms with Gasteiger partial charge in [0.25, 0.3) is 0 Å². The molecular formula is C8H5Br2NO. The molecule has 0 amide bonds. The number of hydrogen-bond donors (Lipinski definition) is 0. The Kier molecular flexibility index (Phi) is 3.20. The summed E-state index contributed by atoms with van der Waals surface area (Å²) in [5.41, 5.74) is 1.56. The van der Waals surface area contributed by atoms with E-state index in [1.165, 1.54) is 6.08 Å². The molecule has 1 rings (SSSR count). The third-order valence-electron chi connectivity index (χ3n) is 1.38. The number of benzene rings is 1. The van der Waals surface area contributed by atoms with E-state index >= 15 is 0 Å². The highest BCUT2D eigenvalue weighted by Crippen LogP contribution is 2.31. The molecule has 0 saturated heterocycles. The Labute approximate surface area is 87.0 Å². The molecular weight excluding hydrogens is 286 g/mol. The van der Waals surface area contributed by atoms with Gasteiger partial charge in [0.1, 0.15) is 0 Å². The summed E-state index contributed by atoms with van der Waals surface area (Å²) in [6, 6.07) is 3.73. The van der Waals surface area contributed by atoms with Crippen LogP contribution in [0.1, 0.15) is 5.56 Å². The van der Waals surface area contributed by atoms with E-state index in [2.05, 4.69) is 36.9 Å². The minimum atomic E-state index is 0.633. The highest BCUT2D eigenvalue weighted by atomic mass is 79.9. The first-order chi connectivity index (χ1) is 5.65. The van der Waals surface area contributed by atoms with Crippen molar-refractivity contribution in [2.75, 3.05) is 0 Å². The minimum Gasteiger partial charge on any atom is -0.211 e. The van der Waals surface area contributed by atoms with Gasteiger partial charge >= 0.3 is 0 Å². The van der Waals surface area contributed by atoms with Crippen LogP contribution >= 0.6 is 31.9 Å². The SMILES string of the molecule is Cc1cc(Br)cc(Br)c1N=C=O. The summed E-state index contributed by atoms with van der Waals surface area (Å²) in [5, 5.41) is 0. The van der Waals surface area contributed by atoms with E-state index in [4.69, 9.17) is 0 Å². The molecule has 0 aliphatic carbocycles. The van der Waals surface area contributed by atoms with Gasteiger partial charge in [-0.1, -0.05) is 15.9 Å². The van der Waals surface area contributed by atoms with Crippen LogP contribution < -0.4 is 0 Å². The number of rotatable bonds is 1. The first-order valence-corrected chi connectivity index (χ1v) is 4.77. The Hall–Kier alpha value is -0.440. The van der Waals surface area contributed by atoms with Crippen LogP contribution in [-0.2, 0) is 4.79 Å². The number of carbonyl (C=O) groups excluding carboxylic acids is 1. The summed E-state index contributed by atoms with van der Waals surface area (Å²) in [6.07, 6.45) is 1.51. The third kappa shape index (κ3) is 2.03. The Morgan fingerprint density at radius 1 is 1.42 bits per heavy atom. The summed E-state index contributed by atoms with van der Waals surface area (Å²) >= 11 is 6.62. The lowest BCUT2D eigenvalue weighted by Crippen LogP contribution is -1.77. The summed E-state index contributed by atoms with van der Waals surface area (Å²) in [6.45, 7) is 1.88. The van der Waals surface area contributed by atoms with Crippen molar-refractivity contribution in [3.05, 3.63) is 26.6 Å². The maximum absolute atomic E-state index is 10.0. The lowest BCUT2D eigenvalue weighted by molar-refractivity contribution is 0.565. The number of aliphatic imine (C=N–C) groups is 1. The molecule has 0 heterocycles. The summed E-state index contributed by atoms with van der Waals surface area (Å²) in [5.74, 6) is 0. The monoisotopic (exact) mass is 289 g/mol. The molecule has 62 valence electrons. The van der Waals surface area contributed by atoms with Crippen LogP contribution in [0.25, 0.3) is 0 Å². The average Bonchev–Trinajstić information content (AvgIpc) is 1.96. The van der Waals surface area contributed by atoms with E-state index in [0.29, 0.717) is 5.69 Å². The molecule has 0 aliphatic heterocycles. The van der Waals surface area contributed by atoms with Crippen LogP contribution in [0.5, 0.6) is 0 Å². The fourth-order valence-corrected chi connectivity index (χ4v) is 2.41. The van der Waals surface area contributed by atoms with Gasteiger partial charge in [0.15, 0.2) is 0 Å². The highest BCUT2D eigenvalue weighted by Gasteiger charge is 2.03. The molecule has 0 atom stereocenters. The van der Waals surface area contributed by atoms with Crippen LogP contribution in [-0.4, -0.2) is 6.08 Å². The summed E-state index contributed by atoms with van der Waals surface area (Å²) in [7, 11) is 0.